The molecule has 0 aliphatic rings. The van der Waals surface area contributed by atoms with Gasteiger partial charge in [-0.1, -0.05) is 17.7 Å². The van der Waals surface area contributed by atoms with Gasteiger partial charge in [-0.2, -0.15) is 0 Å². The number of halogens is 3. The first-order chi connectivity index (χ1) is 9.99. The molecule has 0 saturated carbocycles. The topological polar surface area (TPSA) is 38.7 Å². The van der Waals surface area contributed by atoms with E-state index in [0.29, 0.717) is 21.5 Å². The van der Waals surface area contributed by atoms with Crippen LogP contribution in [0.15, 0.2) is 34.8 Å². The Kier molecular flexibility index (Phi) is 5.08. The zero-order valence-corrected chi connectivity index (χ0v) is 13.7. The highest BCUT2D eigenvalue weighted by atomic mass is 79.9. The Bertz CT molecular complexity index is 664. The summed E-state index contributed by atoms with van der Waals surface area (Å²) in [4.78, 5) is 0. The molecule has 0 bridgehead atoms. The van der Waals surface area contributed by atoms with Crippen LogP contribution >= 0.6 is 27.5 Å². The van der Waals surface area contributed by atoms with Crippen LogP contribution in [0, 0.1) is 5.82 Å². The zero-order valence-electron chi connectivity index (χ0n) is 11.4. The summed E-state index contributed by atoms with van der Waals surface area (Å²) in [6.45, 7) is 0. The Labute approximate surface area is 135 Å². The molecule has 2 aromatic carbocycles. The second-order valence-corrected chi connectivity index (χ2v) is 5.50. The van der Waals surface area contributed by atoms with E-state index in [1.807, 2.05) is 0 Å². The second kappa shape index (κ2) is 6.64. The third-order valence-electron chi connectivity index (χ3n) is 3.07. The minimum atomic E-state index is -1.18. The lowest BCUT2D eigenvalue weighted by Gasteiger charge is -2.18. The maximum absolute atomic E-state index is 13.9. The highest BCUT2D eigenvalue weighted by Gasteiger charge is 2.22. The Balaban J connectivity index is 2.52. The van der Waals surface area contributed by atoms with Crippen molar-refractivity contribution >= 4 is 27.5 Å². The minimum absolute atomic E-state index is 0.120. The predicted octanol–water partition coefficient (Wildman–Crippen LogP) is 4.34. The fourth-order valence-electron chi connectivity index (χ4n) is 2.02. The largest absolute Gasteiger partial charge is 0.495 e. The molecule has 3 nitrogen and oxygen atoms in total. The molecule has 6 heteroatoms. The van der Waals surface area contributed by atoms with E-state index in [1.54, 1.807) is 12.1 Å². The van der Waals surface area contributed by atoms with E-state index in [9.17, 15) is 9.50 Å². The molecule has 0 fully saturated rings. The van der Waals surface area contributed by atoms with E-state index >= 15 is 0 Å². The molecule has 0 saturated heterocycles. The molecule has 0 spiro atoms. The molecule has 0 heterocycles. The number of ether oxygens (including phenoxy) is 2. The number of benzene rings is 2. The lowest BCUT2D eigenvalue weighted by molar-refractivity contribution is 0.209. The summed E-state index contributed by atoms with van der Waals surface area (Å²) < 4.78 is 25.0. The minimum Gasteiger partial charge on any atom is -0.495 e. The molecule has 2 rings (SSSR count). The fraction of sp³-hybridized carbons (Fsp3) is 0.200. The van der Waals surface area contributed by atoms with Gasteiger partial charge in [0.25, 0.3) is 0 Å². The molecule has 0 aliphatic carbocycles. The molecule has 1 atom stereocenters. The molecule has 1 N–H and O–H groups in total. The summed E-state index contributed by atoms with van der Waals surface area (Å²) >= 11 is 9.07. The first kappa shape index (κ1) is 16.1. The van der Waals surface area contributed by atoms with Gasteiger partial charge in [-0.15, -0.1) is 0 Å². The standard InChI is InChI=1S/C15H13BrClFO3/c1-20-12-6-5-10(15(21-2)13(12)16)14(19)9-4-3-8(17)7-11(9)18/h3-7,14,19H,1-2H3. The van der Waals surface area contributed by atoms with Crippen LogP contribution in [0.25, 0.3) is 0 Å². The van der Waals surface area contributed by atoms with Gasteiger partial charge in [0, 0.05) is 16.1 Å². The van der Waals surface area contributed by atoms with Gasteiger partial charge in [0.05, 0.1) is 14.2 Å². The van der Waals surface area contributed by atoms with Crippen LogP contribution in [0.1, 0.15) is 17.2 Å². The van der Waals surface area contributed by atoms with Gasteiger partial charge in [0.2, 0.25) is 0 Å². The Hall–Kier alpha value is -1.30. The van der Waals surface area contributed by atoms with Gasteiger partial charge in [-0.25, -0.2) is 4.39 Å². The van der Waals surface area contributed by atoms with Gasteiger partial charge in [0.1, 0.15) is 27.9 Å². The highest BCUT2D eigenvalue weighted by molar-refractivity contribution is 9.10. The molecule has 0 aliphatic heterocycles. The summed E-state index contributed by atoms with van der Waals surface area (Å²) in [5.74, 6) is 0.361. The first-order valence-corrected chi connectivity index (χ1v) is 7.20. The van der Waals surface area contributed by atoms with E-state index < -0.39 is 11.9 Å². The molecule has 21 heavy (non-hydrogen) atoms. The molecular weight excluding hydrogens is 363 g/mol. The van der Waals surface area contributed by atoms with Crippen molar-refractivity contribution in [3.05, 3.63) is 56.8 Å². The highest BCUT2D eigenvalue weighted by Crippen LogP contribution is 2.41. The van der Waals surface area contributed by atoms with E-state index in [4.69, 9.17) is 21.1 Å². The molecule has 0 radical (unpaired) electrons. The number of aliphatic hydroxyl groups is 1. The summed E-state index contributed by atoms with van der Waals surface area (Å²) in [6, 6.07) is 7.42. The smallest absolute Gasteiger partial charge is 0.142 e. The van der Waals surface area contributed by atoms with Crippen molar-refractivity contribution in [1.29, 1.82) is 0 Å². The summed E-state index contributed by atoms with van der Waals surface area (Å²) in [5.41, 5.74) is 0.543. The van der Waals surface area contributed by atoms with Crippen molar-refractivity contribution in [2.45, 2.75) is 6.10 Å². The monoisotopic (exact) mass is 374 g/mol. The lowest BCUT2D eigenvalue weighted by atomic mass is 10.00. The average Bonchev–Trinajstić information content (AvgIpc) is 2.46. The van der Waals surface area contributed by atoms with Crippen molar-refractivity contribution < 1.29 is 19.0 Å². The van der Waals surface area contributed by atoms with Gasteiger partial charge < -0.3 is 14.6 Å². The molecule has 1 unspecified atom stereocenters. The molecule has 0 aromatic heterocycles. The summed E-state index contributed by atoms with van der Waals surface area (Å²) in [6.07, 6.45) is -1.18. The van der Waals surface area contributed by atoms with E-state index in [1.165, 1.54) is 26.4 Å². The van der Waals surface area contributed by atoms with Crippen LogP contribution in [0.3, 0.4) is 0 Å². The van der Waals surface area contributed by atoms with Gasteiger partial charge in [0.15, 0.2) is 0 Å². The van der Waals surface area contributed by atoms with Crippen LogP contribution in [-0.4, -0.2) is 19.3 Å². The van der Waals surface area contributed by atoms with Gasteiger partial charge in [-0.05, 0) is 40.2 Å². The summed E-state index contributed by atoms with van der Waals surface area (Å²) in [7, 11) is 2.99. The maximum atomic E-state index is 13.9. The summed E-state index contributed by atoms with van der Waals surface area (Å²) in [5, 5.41) is 10.7. The van der Waals surface area contributed by atoms with Gasteiger partial charge >= 0.3 is 0 Å². The average molecular weight is 376 g/mol. The van der Waals surface area contributed by atoms with E-state index in [-0.39, 0.29) is 10.6 Å². The van der Waals surface area contributed by atoms with Crippen LogP contribution in [0.4, 0.5) is 4.39 Å². The maximum Gasteiger partial charge on any atom is 0.142 e. The van der Waals surface area contributed by atoms with Crippen LogP contribution in [0.5, 0.6) is 11.5 Å². The fourth-order valence-corrected chi connectivity index (χ4v) is 2.87. The van der Waals surface area contributed by atoms with Crippen LogP contribution in [0.2, 0.25) is 5.02 Å². The second-order valence-electron chi connectivity index (χ2n) is 4.27. The predicted molar refractivity (Wildman–Crippen MR) is 82.7 cm³/mol. The molecule has 0 amide bonds. The molecular formula is C15H13BrClFO3. The lowest BCUT2D eigenvalue weighted by Crippen LogP contribution is -2.05. The van der Waals surface area contributed by atoms with E-state index in [0.717, 1.165) is 6.07 Å². The Morgan fingerprint density at radius 1 is 1.14 bits per heavy atom. The van der Waals surface area contributed by atoms with Gasteiger partial charge in [-0.3, -0.25) is 0 Å². The van der Waals surface area contributed by atoms with Crippen LogP contribution in [-0.2, 0) is 0 Å². The third kappa shape index (κ3) is 3.15. The van der Waals surface area contributed by atoms with Crippen molar-refractivity contribution in [1.82, 2.24) is 0 Å². The molecule has 2 aromatic rings. The van der Waals surface area contributed by atoms with Crippen LogP contribution < -0.4 is 9.47 Å². The van der Waals surface area contributed by atoms with E-state index in [2.05, 4.69) is 15.9 Å². The first-order valence-electron chi connectivity index (χ1n) is 6.03. The number of rotatable bonds is 4. The Morgan fingerprint density at radius 2 is 1.81 bits per heavy atom. The third-order valence-corrected chi connectivity index (χ3v) is 4.05. The molecule has 112 valence electrons. The SMILES string of the molecule is COc1ccc(C(O)c2ccc(Cl)cc2F)c(OC)c1Br. The van der Waals surface area contributed by atoms with Crippen molar-refractivity contribution in [3.63, 3.8) is 0 Å². The van der Waals surface area contributed by atoms with Crippen molar-refractivity contribution in [3.8, 4) is 11.5 Å². The zero-order chi connectivity index (χ0) is 15.6. The van der Waals surface area contributed by atoms with Crippen molar-refractivity contribution in [2.75, 3.05) is 14.2 Å². The number of methoxy groups -OCH3 is 2. The Morgan fingerprint density at radius 3 is 2.38 bits per heavy atom. The quantitative estimate of drug-likeness (QED) is 0.864. The number of hydrogen-bond acceptors (Lipinski definition) is 3. The van der Waals surface area contributed by atoms with Crippen molar-refractivity contribution in [2.24, 2.45) is 0 Å². The number of aliphatic hydroxyl groups excluding tert-OH is 1. The normalized spacial score (nSPS) is 12.1. The number of hydrogen-bond donors (Lipinski definition) is 1.